The van der Waals surface area contributed by atoms with Gasteiger partial charge in [0.05, 0.1) is 13.2 Å². The molecule has 0 heterocycles. The molecular formula is C24H44O4. The Bertz CT molecular complexity index is 400. The van der Waals surface area contributed by atoms with Crippen molar-refractivity contribution in [2.45, 2.75) is 118 Å². The van der Waals surface area contributed by atoms with Gasteiger partial charge in [0.15, 0.2) is 0 Å². The number of rotatable bonds is 18. The van der Waals surface area contributed by atoms with E-state index in [0.29, 0.717) is 37.2 Å². The van der Waals surface area contributed by atoms with Gasteiger partial charge in [-0.15, -0.1) is 0 Å². The van der Waals surface area contributed by atoms with Crippen LogP contribution in [-0.2, 0) is 19.1 Å². The molecule has 0 rings (SSSR count). The summed E-state index contributed by atoms with van der Waals surface area (Å²) in [6.07, 6.45) is 13.4. The van der Waals surface area contributed by atoms with E-state index in [1.54, 1.807) is 0 Å². The minimum absolute atomic E-state index is 0.317. The number of ether oxygens (including phenoxy) is 2. The summed E-state index contributed by atoms with van der Waals surface area (Å²) in [4.78, 5) is 25.5. The molecule has 0 aromatic rings. The third-order valence-corrected chi connectivity index (χ3v) is 4.88. The normalized spacial score (nSPS) is 11.9. The quantitative estimate of drug-likeness (QED) is 0.143. The molecule has 0 atom stereocenters. The summed E-state index contributed by atoms with van der Waals surface area (Å²) < 4.78 is 11.0. The largest absolute Gasteiger partial charge is 0.462 e. The summed E-state index contributed by atoms with van der Waals surface area (Å²) >= 11 is 0. The lowest BCUT2D eigenvalue weighted by atomic mass is 9.96. The zero-order valence-corrected chi connectivity index (χ0v) is 18.9. The second-order valence-electron chi connectivity index (χ2n) is 7.56. The van der Waals surface area contributed by atoms with E-state index in [1.165, 1.54) is 0 Å². The minimum Gasteiger partial charge on any atom is -0.462 e. The summed E-state index contributed by atoms with van der Waals surface area (Å²) in [5.74, 6) is -0.634. The monoisotopic (exact) mass is 396 g/mol. The van der Waals surface area contributed by atoms with E-state index >= 15 is 0 Å². The van der Waals surface area contributed by atoms with Gasteiger partial charge >= 0.3 is 11.9 Å². The molecule has 0 N–H and O–H groups in total. The number of carbonyl (C=O) groups excluding carboxylic acids is 2. The molecular weight excluding hydrogens is 352 g/mol. The Balaban J connectivity index is 5.34. The zero-order valence-electron chi connectivity index (χ0n) is 18.9. The van der Waals surface area contributed by atoms with Crippen LogP contribution >= 0.6 is 0 Å². The van der Waals surface area contributed by atoms with Crippen molar-refractivity contribution in [2.24, 2.45) is 0 Å². The molecule has 4 nitrogen and oxygen atoms in total. The molecule has 0 saturated carbocycles. The van der Waals surface area contributed by atoms with Crippen LogP contribution in [0.1, 0.15) is 118 Å². The van der Waals surface area contributed by atoms with E-state index in [4.69, 9.17) is 9.47 Å². The van der Waals surface area contributed by atoms with Crippen LogP contribution in [0.25, 0.3) is 0 Å². The fraction of sp³-hybridized carbons (Fsp3) is 0.833. The van der Waals surface area contributed by atoms with Gasteiger partial charge in [0.25, 0.3) is 0 Å². The van der Waals surface area contributed by atoms with Gasteiger partial charge in [-0.1, -0.05) is 79.1 Å². The van der Waals surface area contributed by atoms with E-state index in [1.807, 2.05) is 0 Å². The number of hydrogen-bond donors (Lipinski definition) is 0. The first-order chi connectivity index (χ1) is 13.6. The molecule has 0 fully saturated rings. The molecule has 4 heteroatoms. The predicted octanol–water partition coefficient (Wildman–Crippen LogP) is 6.91. The van der Waals surface area contributed by atoms with Gasteiger partial charge in [-0.25, -0.2) is 9.59 Å². The Morgan fingerprint density at radius 1 is 0.500 bits per heavy atom. The van der Waals surface area contributed by atoms with Gasteiger partial charge in [-0.05, 0) is 38.5 Å². The lowest BCUT2D eigenvalue weighted by Gasteiger charge is -2.15. The Morgan fingerprint density at radius 2 is 0.857 bits per heavy atom. The topological polar surface area (TPSA) is 52.6 Å². The fourth-order valence-electron chi connectivity index (χ4n) is 3.00. The highest BCUT2D eigenvalue weighted by atomic mass is 16.5. The Hall–Kier alpha value is -1.32. The SMILES string of the molecule is CCCCCCC(C(=O)OCCCC)=C(CCCCCC)C(=O)OCCCC. The summed E-state index contributed by atoms with van der Waals surface area (Å²) in [6, 6.07) is 0. The van der Waals surface area contributed by atoms with Crippen LogP contribution in [0.15, 0.2) is 11.1 Å². The first-order valence-corrected chi connectivity index (χ1v) is 11.7. The first-order valence-electron chi connectivity index (χ1n) is 11.7. The highest BCUT2D eigenvalue weighted by Crippen LogP contribution is 2.23. The van der Waals surface area contributed by atoms with Crippen molar-refractivity contribution in [3.8, 4) is 0 Å². The van der Waals surface area contributed by atoms with Crippen LogP contribution in [-0.4, -0.2) is 25.2 Å². The molecule has 0 saturated heterocycles. The van der Waals surface area contributed by atoms with Crippen LogP contribution in [0.3, 0.4) is 0 Å². The Labute approximate surface area is 173 Å². The third-order valence-electron chi connectivity index (χ3n) is 4.88. The maximum atomic E-state index is 12.8. The smallest absolute Gasteiger partial charge is 0.334 e. The number of unbranched alkanes of at least 4 members (excludes halogenated alkanes) is 8. The summed E-state index contributed by atoms with van der Waals surface area (Å²) in [6.45, 7) is 9.31. The molecule has 0 amide bonds. The van der Waals surface area contributed by atoms with E-state index < -0.39 is 0 Å². The highest BCUT2D eigenvalue weighted by Gasteiger charge is 2.23. The highest BCUT2D eigenvalue weighted by molar-refractivity contribution is 6.00. The summed E-state index contributed by atoms with van der Waals surface area (Å²) in [7, 11) is 0. The van der Waals surface area contributed by atoms with Crippen LogP contribution in [0.2, 0.25) is 0 Å². The second-order valence-corrected chi connectivity index (χ2v) is 7.56. The van der Waals surface area contributed by atoms with Crippen LogP contribution in [0.5, 0.6) is 0 Å². The van der Waals surface area contributed by atoms with Gasteiger partial charge in [-0.3, -0.25) is 0 Å². The summed E-state index contributed by atoms with van der Waals surface area (Å²) in [5.41, 5.74) is 1.12. The molecule has 0 aliphatic rings. The molecule has 0 aliphatic carbocycles. The fourth-order valence-corrected chi connectivity index (χ4v) is 3.00. The molecule has 164 valence electrons. The van der Waals surface area contributed by atoms with Crippen molar-refractivity contribution in [3.05, 3.63) is 11.1 Å². The first kappa shape index (κ1) is 26.7. The van der Waals surface area contributed by atoms with Crippen LogP contribution in [0, 0.1) is 0 Å². The van der Waals surface area contributed by atoms with E-state index in [2.05, 4.69) is 27.7 Å². The van der Waals surface area contributed by atoms with E-state index in [0.717, 1.165) is 77.0 Å². The Kier molecular flexibility index (Phi) is 18.1. The van der Waals surface area contributed by atoms with Crippen LogP contribution < -0.4 is 0 Å². The number of esters is 2. The van der Waals surface area contributed by atoms with Gasteiger partial charge in [0, 0.05) is 11.1 Å². The molecule has 0 spiro atoms. The van der Waals surface area contributed by atoms with Gasteiger partial charge in [0.2, 0.25) is 0 Å². The van der Waals surface area contributed by atoms with Crippen molar-refractivity contribution < 1.29 is 19.1 Å². The third kappa shape index (κ3) is 13.0. The number of carbonyl (C=O) groups is 2. The van der Waals surface area contributed by atoms with Crippen LogP contribution in [0.4, 0.5) is 0 Å². The average Bonchev–Trinajstić information content (AvgIpc) is 2.69. The zero-order chi connectivity index (χ0) is 21.0. The lowest BCUT2D eigenvalue weighted by molar-refractivity contribution is -0.142. The second kappa shape index (κ2) is 19.0. The van der Waals surface area contributed by atoms with Gasteiger partial charge in [0.1, 0.15) is 0 Å². The molecule has 28 heavy (non-hydrogen) atoms. The van der Waals surface area contributed by atoms with Crippen molar-refractivity contribution >= 4 is 11.9 Å². The molecule has 0 aliphatic heterocycles. The molecule has 0 aromatic heterocycles. The van der Waals surface area contributed by atoms with Crippen molar-refractivity contribution in [3.63, 3.8) is 0 Å². The molecule has 0 unspecified atom stereocenters. The maximum Gasteiger partial charge on any atom is 0.334 e. The standard InChI is InChI=1S/C24H44O4/c1-5-9-13-15-17-21(23(25)27-19-11-7-3)22(18-16-14-10-6-2)24(26)28-20-12-8-4/h5-20H2,1-4H3. The Morgan fingerprint density at radius 3 is 1.18 bits per heavy atom. The van der Waals surface area contributed by atoms with Crippen molar-refractivity contribution in [1.29, 1.82) is 0 Å². The summed E-state index contributed by atoms with van der Waals surface area (Å²) in [5, 5.41) is 0. The van der Waals surface area contributed by atoms with E-state index in [-0.39, 0.29) is 11.9 Å². The van der Waals surface area contributed by atoms with E-state index in [9.17, 15) is 9.59 Å². The molecule has 0 aromatic carbocycles. The maximum absolute atomic E-state index is 12.8. The van der Waals surface area contributed by atoms with Gasteiger partial charge in [-0.2, -0.15) is 0 Å². The average molecular weight is 397 g/mol. The van der Waals surface area contributed by atoms with Gasteiger partial charge < -0.3 is 9.47 Å². The van der Waals surface area contributed by atoms with Crippen molar-refractivity contribution in [2.75, 3.05) is 13.2 Å². The minimum atomic E-state index is -0.317. The molecule has 0 bridgehead atoms. The lowest BCUT2D eigenvalue weighted by Crippen LogP contribution is -2.18. The number of hydrogen-bond acceptors (Lipinski definition) is 4. The van der Waals surface area contributed by atoms with Crippen molar-refractivity contribution in [1.82, 2.24) is 0 Å². The predicted molar refractivity (Wildman–Crippen MR) is 116 cm³/mol. The molecule has 0 radical (unpaired) electrons.